The summed E-state index contributed by atoms with van der Waals surface area (Å²) in [6.07, 6.45) is 0.801. The van der Waals surface area contributed by atoms with Gasteiger partial charge in [0.15, 0.2) is 0 Å². The third-order valence-electron chi connectivity index (χ3n) is 2.67. The van der Waals surface area contributed by atoms with Gasteiger partial charge >= 0.3 is 5.97 Å². The van der Waals surface area contributed by atoms with Crippen molar-refractivity contribution in [1.29, 1.82) is 0 Å². The van der Waals surface area contributed by atoms with E-state index in [1.165, 1.54) is 0 Å². The quantitative estimate of drug-likeness (QED) is 0.787. The molecule has 0 fully saturated rings. The first-order valence-corrected chi connectivity index (χ1v) is 6.31. The number of hydrogen-bond donors (Lipinski definition) is 2. The Hall–Kier alpha value is -1.85. The van der Waals surface area contributed by atoms with Crippen molar-refractivity contribution in [3.05, 3.63) is 17.5 Å². The van der Waals surface area contributed by atoms with Gasteiger partial charge in [0.05, 0.1) is 5.69 Å². The number of aromatic nitrogens is 1. The van der Waals surface area contributed by atoms with Gasteiger partial charge in [-0.25, -0.2) is 0 Å². The van der Waals surface area contributed by atoms with Crippen molar-refractivity contribution in [1.82, 2.24) is 10.5 Å². The zero-order valence-electron chi connectivity index (χ0n) is 11.5. The minimum Gasteiger partial charge on any atom is -0.481 e. The van der Waals surface area contributed by atoms with Crippen LogP contribution in [-0.4, -0.2) is 28.7 Å². The van der Waals surface area contributed by atoms with Crippen LogP contribution >= 0.6 is 0 Å². The van der Waals surface area contributed by atoms with E-state index >= 15 is 0 Å². The van der Waals surface area contributed by atoms with Gasteiger partial charge in [-0.05, 0) is 25.2 Å². The van der Waals surface area contributed by atoms with E-state index in [0.29, 0.717) is 18.2 Å². The molecule has 0 bridgehead atoms. The van der Waals surface area contributed by atoms with Gasteiger partial charge in [0, 0.05) is 19.0 Å². The maximum absolute atomic E-state index is 11.7. The summed E-state index contributed by atoms with van der Waals surface area (Å²) in [5.41, 5.74) is 0.634. The SMILES string of the molecule is Cc1cc(C(=O)NCC(CC(=O)O)CC(C)C)on1. The number of rotatable bonds is 7. The summed E-state index contributed by atoms with van der Waals surface area (Å²) in [5.74, 6) is -0.759. The monoisotopic (exact) mass is 268 g/mol. The molecule has 0 aromatic carbocycles. The van der Waals surface area contributed by atoms with E-state index in [0.717, 1.165) is 6.42 Å². The van der Waals surface area contributed by atoms with Gasteiger partial charge in [-0.2, -0.15) is 0 Å². The lowest BCUT2D eigenvalue weighted by molar-refractivity contribution is -0.138. The highest BCUT2D eigenvalue weighted by Gasteiger charge is 2.18. The minimum atomic E-state index is -0.851. The Morgan fingerprint density at radius 2 is 2.16 bits per heavy atom. The summed E-state index contributed by atoms with van der Waals surface area (Å²) in [6.45, 7) is 6.10. The molecule has 1 rings (SSSR count). The Morgan fingerprint density at radius 3 is 2.63 bits per heavy atom. The molecule has 0 radical (unpaired) electrons. The van der Waals surface area contributed by atoms with Crippen molar-refractivity contribution in [3.63, 3.8) is 0 Å². The molecule has 6 heteroatoms. The summed E-state index contributed by atoms with van der Waals surface area (Å²) >= 11 is 0. The molecule has 0 saturated heterocycles. The van der Waals surface area contributed by atoms with Crippen molar-refractivity contribution in [3.8, 4) is 0 Å². The van der Waals surface area contributed by atoms with Crippen LogP contribution in [0.2, 0.25) is 0 Å². The number of amides is 1. The van der Waals surface area contributed by atoms with Gasteiger partial charge in [-0.1, -0.05) is 19.0 Å². The van der Waals surface area contributed by atoms with E-state index in [1.807, 2.05) is 13.8 Å². The molecule has 1 amide bonds. The average molecular weight is 268 g/mol. The van der Waals surface area contributed by atoms with E-state index in [2.05, 4.69) is 10.5 Å². The summed E-state index contributed by atoms with van der Waals surface area (Å²) in [7, 11) is 0. The van der Waals surface area contributed by atoms with Crippen LogP contribution in [-0.2, 0) is 4.79 Å². The lowest BCUT2D eigenvalue weighted by Gasteiger charge is -2.17. The molecular weight excluding hydrogens is 248 g/mol. The second-order valence-corrected chi connectivity index (χ2v) is 5.14. The molecule has 1 atom stereocenters. The van der Waals surface area contributed by atoms with Gasteiger partial charge in [-0.15, -0.1) is 0 Å². The maximum Gasteiger partial charge on any atom is 0.303 e. The molecule has 106 valence electrons. The molecule has 0 aliphatic carbocycles. The summed E-state index contributed by atoms with van der Waals surface area (Å²) < 4.78 is 4.84. The molecule has 1 aromatic rings. The van der Waals surface area contributed by atoms with E-state index < -0.39 is 5.97 Å². The van der Waals surface area contributed by atoms with Crippen molar-refractivity contribution in [2.24, 2.45) is 11.8 Å². The molecular formula is C13H20N2O4. The number of carboxylic acids is 1. The van der Waals surface area contributed by atoms with Crippen LogP contribution in [0.3, 0.4) is 0 Å². The van der Waals surface area contributed by atoms with Crippen LogP contribution < -0.4 is 5.32 Å². The maximum atomic E-state index is 11.7. The largest absolute Gasteiger partial charge is 0.481 e. The normalized spacial score (nSPS) is 12.4. The van der Waals surface area contributed by atoms with Crippen molar-refractivity contribution < 1.29 is 19.2 Å². The van der Waals surface area contributed by atoms with Crippen molar-refractivity contribution in [2.75, 3.05) is 6.54 Å². The third kappa shape index (κ3) is 5.54. The minimum absolute atomic E-state index is 0.0495. The zero-order valence-corrected chi connectivity index (χ0v) is 11.5. The first-order chi connectivity index (χ1) is 8.88. The first-order valence-electron chi connectivity index (χ1n) is 6.31. The molecule has 1 aromatic heterocycles. The summed E-state index contributed by atoms with van der Waals surface area (Å²) in [6, 6.07) is 1.55. The molecule has 0 aliphatic rings. The molecule has 2 N–H and O–H groups in total. The smallest absolute Gasteiger partial charge is 0.303 e. The predicted molar refractivity (Wildman–Crippen MR) is 68.8 cm³/mol. The van der Waals surface area contributed by atoms with Gasteiger partial charge in [0.25, 0.3) is 5.91 Å². The fourth-order valence-electron chi connectivity index (χ4n) is 1.95. The van der Waals surface area contributed by atoms with E-state index in [9.17, 15) is 9.59 Å². The highest BCUT2D eigenvalue weighted by atomic mass is 16.5. The number of nitrogens with zero attached hydrogens (tertiary/aromatic N) is 1. The molecule has 0 spiro atoms. The highest BCUT2D eigenvalue weighted by molar-refractivity contribution is 5.91. The van der Waals surface area contributed by atoms with E-state index in [1.54, 1.807) is 13.0 Å². The Labute approximate surface area is 112 Å². The molecule has 1 heterocycles. The van der Waals surface area contributed by atoms with Crippen LogP contribution in [0.4, 0.5) is 0 Å². The number of hydrogen-bond acceptors (Lipinski definition) is 4. The number of carbonyl (C=O) groups is 2. The zero-order chi connectivity index (χ0) is 14.4. The second-order valence-electron chi connectivity index (χ2n) is 5.14. The van der Waals surface area contributed by atoms with Crippen LogP contribution in [0.1, 0.15) is 42.9 Å². The van der Waals surface area contributed by atoms with Crippen LogP contribution in [0.5, 0.6) is 0 Å². The summed E-state index contributed by atoms with van der Waals surface area (Å²) in [5, 5.41) is 15.2. The van der Waals surface area contributed by atoms with Gasteiger partial charge in [-0.3, -0.25) is 9.59 Å². The third-order valence-corrected chi connectivity index (χ3v) is 2.67. The first kappa shape index (κ1) is 15.2. The Bertz CT molecular complexity index is 440. The highest BCUT2D eigenvalue weighted by Crippen LogP contribution is 2.15. The predicted octanol–water partition coefficient (Wildman–Crippen LogP) is 1.85. The topological polar surface area (TPSA) is 92.4 Å². The molecule has 19 heavy (non-hydrogen) atoms. The lowest BCUT2D eigenvalue weighted by Crippen LogP contribution is -2.30. The number of nitrogens with one attached hydrogen (secondary N) is 1. The Kier molecular flexibility index (Phi) is 5.54. The molecule has 0 saturated carbocycles. The van der Waals surface area contributed by atoms with Crippen LogP contribution in [0.15, 0.2) is 10.6 Å². The van der Waals surface area contributed by atoms with Crippen LogP contribution in [0.25, 0.3) is 0 Å². The summed E-state index contributed by atoms with van der Waals surface area (Å²) in [4.78, 5) is 22.5. The number of aryl methyl sites for hydroxylation is 1. The van der Waals surface area contributed by atoms with E-state index in [4.69, 9.17) is 9.63 Å². The van der Waals surface area contributed by atoms with Gasteiger partial charge in [0.2, 0.25) is 5.76 Å². The average Bonchev–Trinajstić information content (AvgIpc) is 2.71. The number of carbonyl (C=O) groups excluding carboxylic acids is 1. The van der Waals surface area contributed by atoms with E-state index in [-0.39, 0.29) is 24.0 Å². The molecule has 6 nitrogen and oxygen atoms in total. The van der Waals surface area contributed by atoms with Crippen molar-refractivity contribution in [2.45, 2.75) is 33.6 Å². The van der Waals surface area contributed by atoms with Gasteiger partial charge in [0.1, 0.15) is 0 Å². The lowest BCUT2D eigenvalue weighted by atomic mass is 9.94. The van der Waals surface area contributed by atoms with Crippen molar-refractivity contribution >= 4 is 11.9 Å². The molecule has 1 unspecified atom stereocenters. The standard InChI is InChI=1S/C13H20N2O4/c1-8(2)4-10(6-12(16)17)7-14-13(18)11-5-9(3)15-19-11/h5,8,10H,4,6-7H2,1-3H3,(H,14,18)(H,16,17). The number of carboxylic acid groups (broad SMARTS) is 1. The Balaban J connectivity index is 2.50. The Morgan fingerprint density at radius 1 is 1.47 bits per heavy atom. The van der Waals surface area contributed by atoms with Gasteiger partial charge < -0.3 is 14.9 Å². The fourth-order valence-corrected chi connectivity index (χ4v) is 1.95. The fraction of sp³-hybridized carbons (Fsp3) is 0.615. The van der Waals surface area contributed by atoms with Crippen LogP contribution in [0, 0.1) is 18.8 Å². The number of aliphatic carboxylic acids is 1. The second kappa shape index (κ2) is 6.92. The molecule has 0 aliphatic heterocycles.